The fourth-order valence-corrected chi connectivity index (χ4v) is 2.00. The van der Waals surface area contributed by atoms with Crippen molar-refractivity contribution < 1.29 is 5.21 Å². The van der Waals surface area contributed by atoms with Crippen molar-refractivity contribution in [3.63, 3.8) is 0 Å². The maximum Gasteiger partial charge on any atom is 0.170 e. The number of oxime groups is 1. The van der Waals surface area contributed by atoms with Crippen LogP contribution in [0, 0.1) is 10.5 Å². The molecule has 0 bridgehead atoms. The lowest BCUT2D eigenvalue weighted by atomic mass is 10.0. The Morgan fingerprint density at radius 2 is 2.21 bits per heavy atom. The molecule has 14 heavy (non-hydrogen) atoms. The number of halogens is 1. The van der Waals surface area contributed by atoms with E-state index in [1.54, 1.807) is 0 Å². The van der Waals surface area contributed by atoms with Gasteiger partial charge in [-0.05, 0) is 59.2 Å². The third-order valence-corrected chi connectivity index (χ3v) is 3.66. The zero-order valence-corrected chi connectivity index (χ0v) is 10.4. The highest BCUT2D eigenvalue weighted by molar-refractivity contribution is 14.1. The van der Waals surface area contributed by atoms with Crippen LogP contribution in [0.2, 0.25) is 0 Å². The summed E-state index contributed by atoms with van der Waals surface area (Å²) in [4.78, 5) is 0. The summed E-state index contributed by atoms with van der Waals surface area (Å²) in [5.41, 5.74) is 8.70. The van der Waals surface area contributed by atoms with Gasteiger partial charge >= 0.3 is 0 Å². The Labute approximate surface area is 97.1 Å². The van der Waals surface area contributed by atoms with Crippen LogP contribution in [0.5, 0.6) is 0 Å². The second-order valence-corrected chi connectivity index (χ2v) is 4.18. The first kappa shape index (κ1) is 11.3. The molecule has 1 aromatic carbocycles. The summed E-state index contributed by atoms with van der Waals surface area (Å²) in [6, 6.07) is 3.89. The van der Waals surface area contributed by atoms with Crippen LogP contribution in [-0.2, 0) is 6.42 Å². The monoisotopic (exact) mass is 304 g/mol. The van der Waals surface area contributed by atoms with Crippen molar-refractivity contribution in [1.29, 1.82) is 0 Å². The van der Waals surface area contributed by atoms with Gasteiger partial charge in [0.1, 0.15) is 0 Å². The highest BCUT2D eigenvalue weighted by Crippen LogP contribution is 2.19. The second-order valence-electron chi connectivity index (χ2n) is 3.11. The zero-order chi connectivity index (χ0) is 10.7. The predicted molar refractivity (Wildman–Crippen MR) is 65.8 cm³/mol. The van der Waals surface area contributed by atoms with Gasteiger partial charge in [0, 0.05) is 9.13 Å². The molecule has 0 saturated carbocycles. The highest BCUT2D eigenvalue weighted by atomic mass is 127. The first-order valence-corrected chi connectivity index (χ1v) is 5.45. The molecular formula is C10H13IN2O. The molecule has 3 nitrogen and oxygen atoms in total. The zero-order valence-electron chi connectivity index (χ0n) is 8.21. The van der Waals surface area contributed by atoms with Crippen LogP contribution < -0.4 is 5.73 Å². The van der Waals surface area contributed by atoms with Gasteiger partial charge in [0.15, 0.2) is 5.84 Å². The predicted octanol–water partition coefficient (Wildman–Crippen LogP) is 2.26. The summed E-state index contributed by atoms with van der Waals surface area (Å²) >= 11 is 2.31. The van der Waals surface area contributed by atoms with E-state index >= 15 is 0 Å². The molecule has 0 atom stereocenters. The molecule has 0 spiro atoms. The number of nitrogens with zero attached hydrogens (tertiary/aromatic N) is 1. The van der Waals surface area contributed by atoms with Crippen LogP contribution in [0.1, 0.15) is 23.6 Å². The molecule has 1 aromatic rings. The summed E-state index contributed by atoms with van der Waals surface area (Å²) in [5.74, 6) is 0.166. The molecule has 0 unspecified atom stereocenters. The molecule has 0 aliphatic heterocycles. The van der Waals surface area contributed by atoms with Gasteiger partial charge in [0.05, 0.1) is 0 Å². The van der Waals surface area contributed by atoms with Gasteiger partial charge in [-0.15, -0.1) is 0 Å². The van der Waals surface area contributed by atoms with Crippen molar-refractivity contribution in [2.75, 3.05) is 0 Å². The maximum absolute atomic E-state index is 8.57. The quantitative estimate of drug-likeness (QED) is 0.289. The molecule has 0 heterocycles. The highest BCUT2D eigenvalue weighted by Gasteiger charge is 2.06. The van der Waals surface area contributed by atoms with Crippen molar-refractivity contribution in [1.82, 2.24) is 0 Å². The van der Waals surface area contributed by atoms with E-state index in [2.05, 4.69) is 34.7 Å². The number of hydrogen-bond donors (Lipinski definition) is 2. The van der Waals surface area contributed by atoms with Crippen molar-refractivity contribution in [3.05, 3.63) is 32.4 Å². The Morgan fingerprint density at radius 3 is 2.71 bits per heavy atom. The van der Waals surface area contributed by atoms with Gasteiger partial charge < -0.3 is 10.9 Å². The Bertz CT molecular complexity index is 375. The van der Waals surface area contributed by atoms with Crippen LogP contribution in [-0.4, -0.2) is 11.0 Å². The van der Waals surface area contributed by atoms with Crippen molar-refractivity contribution >= 4 is 28.4 Å². The molecule has 0 amide bonds. The lowest BCUT2D eigenvalue weighted by molar-refractivity contribution is 0.318. The summed E-state index contributed by atoms with van der Waals surface area (Å²) in [6.45, 7) is 4.11. The summed E-state index contributed by atoms with van der Waals surface area (Å²) in [7, 11) is 0. The van der Waals surface area contributed by atoms with Crippen molar-refractivity contribution in [2.24, 2.45) is 10.9 Å². The van der Waals surface area contributed by atoms with Gasteiger partial charge in [-0.25, -0.2) is 0 Å². The van der Waals surface area contributed by atoms with E-state index in [4.69, 9.17) is 10.9 Å². The van der Waals surface area contributed by atoms with E-state index in [1.807, 2.05) is 19.1 Å². The molecule has 3 N–H and O–H groups in total. The van der Waals surface area contributed by atoms with Gasteiger partial charge in [-0.3, -0.25) is 0 Å². The van der Waals surface area contributed by atoms with Gasteiger partial charge in [-0.1, -0.05) is 12.1 Å². The average Bonchev–Trinajstić information content (AvgIpc) is 2.20. The molecule has 0 fully saturated rings. The second kappa shape index (κ2) is 4.63. The summed E-state index contributed by atoms with van der Waals surface area (Å²) < 4.78 is 1.25. The minimum Gasteiger partial charge on any atom is -0.409 e. The maximum atomic E-state index is 8.57. The molecule has 0 radical (unpaired) electrons. The van der Waals surface area contributed by atoms with Crippen LogP contribution in [0.25, 0.3) is 0 Å². The molecule has 0 saturated heterocycles. The van der Waals surface area contributed by atoms with E-state index in [9.17, 15) is 0 Å². The Kier molecular flexibility index (Phi) is 3.74. The Hall–Kier alpha value is -0.780. The molecule has 0 aromatic heterocycles. The van der Waals surface area contributed by atoms with E-state index < -0.39 is 0 Å². The Balaban J connectivity index is 3.30. The number of rotatable bonds is 2. The standard InChI is InChI=1S/C10H13IN2O/c1-3-7-5-8(10(12)13-14)4-6(2)9(7)11/h4-5,14H,3H2,1-2H3,(H2,12,13). The molecule has 76 valence electrons. The van der Waals surface area contributed by atoms with Crippen LogP contribution in [0.15, 0.2) is 17.3 Å². The molecular weight excluding hydrogens is 291 g/mol. The SMILES string of the molecule is CCc1cc(C(N)=NO)cc(C)c1I. The third kappa shape index (κ3) is 2.17. The van der Waals surface area contributed by atoms with Crippen LogP contribution in [0.4, 0.5) is 0 Å². The molecule has 1 rings (SSSR count). The lowest BCUT2D eigenvalue weighted by Gasteiger charge is -2.08. The van der Waals surface area contributed by atoms with Crippen molar-refractivity contribution in [3.8, 4) is 0 Å². The number of aryl methyl sites for hydroxylation is 2. The van der Waals surface area contributed by atoms with Gasteiger partial charge in [0.25, 0.3) is 0 Å². The van der Waals surface area contributed by atoms with E-state index in [0.29, 0.717) is 0 Å². The summed E-state index contributed by atoms with van der Waals surface area (Å²) in [6.07, 6.45) is 0.950. The van der Waals surface area contributed by atoms with Gasteiger partial charge in [-0.2, -0.15) is 0 Å². The largest absolute Gasteiger partial charge is 0.409 e. The van der Waals surface area contributed by atoms with E-state index in [0.717, 1.165) is 17.5 Å². The normalized spacial score (nSPS) is 11.8. The molecule has 0 aliphatic rings. The topological polar surface area (TPSA) is 58.6 Å². The van der Waals surface area contributed by atoms with E-state index in [1.165, 1.54) is 9.13 Å². The lowest BCUT2D eigenvalue weighted by Crippen LogP contribution is -2.14. The number of nitrogens with two attached hydrogens (primary N) is 1. The first-order chi connectivity index (χ1) is 6.60. The fraction of sp³-hybridized carbons (Fsp3) is 0.300. The van der Waals surface area contributed by atoms with Crippen LogP contribution >= 0.6 is 22.6 Å². The average molecular weight is 304 g/mol. The third-order valence-electron chi connectivity index (χ3n) is 2.11. The van der Waals surface area contributed by atoms with Crippen molar-refractivity contribution in [2.45, 2.75) is 20.3 Å². The fourth-order valence-electron chi connectivity index (χ4n) is 1.31. The number of amidine groups is 1. The number of hydrogen-bond acceptors (Lipinski definition) is 2. The molecule has 4 heteroatoms. The Morgan fingerprint density at radius 1 is 1.57 bits per heavy atom. The summed E-state index contributed by atoms with van der Waals surface area (Å²) in [5, 5.41) is 11.6. The first-order valence-electron chi connectivity index (χ1n) is 4.37. The number of benzene rings is 1. The molecule has 0 aliphatic carbocycles. The minimum absolute atomic E-state index is 0.166. The smallest absolute Gasteiger partial charge is 0.170 e. The van der Waals surface area contributed by atoms with Crippen LogP contribution in [0.3, 0.4) is 0 Å². The van der Waals surface area contributed by atoms with Gasteiger partial charge in [0.2, 0.25) is 0 Å². The van der Waals surface area contributed by atoms with E-state index in [-0.39, 0.29) is 5.84 Å². The minimum atomic E-state index is 0.166.